The Hall–Kier alpha value is -0.790. The summed E-state index contributed by atoms with van der Waals surface area (Å²) in [6.07, 6.45) is 0.519. The summed E-state index contributed by atoms with van der Waals surface area (Å²) in [4.78, 5) is 0. The fraction of sp³-hybridized carbons (Fsp3) is 0.400. The molecule has 78 valence electrons. The van der Waals surface area contributed by atoms with E-state index in [0.29, 0.717) is 18.5 Å². The lowest BCUT2D eigenvalue weighted by atomic mass is 10.3. The molecule has 14 heavy (non-hydrogen) atoms. The molecule has 0 aliphatic rings. The number of nitrogen functional groups attached to an aromatic ring is 1. The van der Waals surface area contributed by atoms with Crippen molar-refractivity contribution in [1.29, 1.82) is 0 Å². The third-order valence-electron chi connectivity index (χ3n) is 2.04. The van der Waals surface area contributed by atoms with Gasteiger partial charge in [0.15, 0.2) is 0 Å². The first-order valence-electron chi connectivity index (χ1n) is 4.72. The van der Waals surface area contributed by atoms with Crippen molar-refractivity contribution in [1.82, 2.24) is 0 Å². The van der Waals surface area contributed by atoms with E-state index in [-0.39, 0.29) is 0 Å². The van der Waals surface area contributed by atoms with Crippen molar-refractivity contribution in [3.63, 3.8) is 0 Å². The highest BCUT2D eigenvalue weighted by atomic mass is 31.2. The molecule has 2 N–H and O–H groups in total. The van der Waals surface area contributed by atoms with Crippen LogP contribution < -0.4 is 11.0 Å². The Morgan fingerprint density at radius 2 is 1.86 bits per heavy atom. The van der Waals surface area contributed by atoms with Crippen molar-refractivity contribution in [2.75, 3.05) is 18.5 Å². The summed E-state index contributed by atoms with van der Waals surface area (Å²) in [6, 6.07) is 7.04. The van der Waals surface area contributed by atoms with Crippen molar-refractivity contribution in [3.8, 4) is 0 Å². The molecular formula is C10H16NO2P. The molecule has 4 heteroatoms. The molecule has 0 heterocycles. The van der Waals surface area contributed by atoms with Crippen LogP contribution in [0.15, 0.2) is 24.3 Å². The topological polar surface area (TPSA) is 52.3 Å². The van der Waals surface area contributed by atoms with E-state index in [9.17, 15) is 4.57 Å². The van der Waals surface area contributed by atoms with Gasteiger partial charge in [0.2, 0.25) is 7.37 Å². The Bertz CT molecular complexity index is 334. The van der Waals surface area contributed by atoms with Crippen LogP contribution in [0.2, 0.25) is 0 Å². The summed E-state index contributed by atoms with van der Waals surface area (Å²) < 4.78 is 17.6. The number of rotatable bonds is 4. The van der Waals surface area contributed by atoms with Crippen LogP contribution in [0.25, 0.3) is 0 Å². The number of anilines is 1. The highest BCUT2D eigenvalue weighted by molar-refractivity contribution is 7.66. The first-order chi connectivity index (χ1) is 6.62. The molecule has 0 bridgehead atoms. The van der Waals surface area contributed by atoms with Crippen LogP contribution >= 0.6 is 7.37 Å². The summed E-state index contributed by atoms with van der Waals surface area (Å²) in [6.45, 7) is 4.18. The third-order valence-corrected chi connectivity index (χ3v) is 4.63. The largest absolute Gasteiger partial charge is 0.399 e. The molecule has 1 rings (SSSR count). The van der Waals surface area contributed by atoms with Crippen LogP contribution in [-0.4, -0.2) is 12.8 Å². The van der Waals surface area contributed by atoms with Crippen molar-refractivity contribution in [3.05, 3.63) is 24.3 Å². The van der Waals surface area contributed by atoms with Crippen molar-refractivity contribution < 1.29 is 9.09 Å². The highest BCUT2D eigenvalue weighted by Gasteiger charge is 2.22. The summed E-state index contributed by atoms with van der Waals surface area (Å²) >= 11 is 0. The van der Waals surface area contributed by atoms with Gasteiger partial charge in [-0.25, -0.2) is 0 Å². The smallest absolute Gasteiger partial charge is 0.231 e. The summed E-state index contributed by atoms with van der Waals surface area (Å²) in [5.41, 5.74) is 6.23. The Morgan fingerprint density at radius 1 is 1.29 bits per heavy atom. The molecular weight excluding hydrogens is 197 g/mol. The Labute approximate surface area is 84.7 Å². The maximum atomic E-state index is 12.2. The van der Waals surface area contributed by atoms with E-state index in [1.54, 1.807) is 24.3 Å². The maximum Gasteiger partial charge on any atom is 0.231 e. The minimum absolute atomic E-state index is 0.468. The molecule has 0 aromatic heterocycles. The highest BCUT2D eigenvalue weighted by Crippen LogP contribution is 2.44. The van der Waals surface area contributed by atoms with Gasteiger partial charge in [0, 0.05) is 17.2 Å². The van der Waals surface area contributed by atoms with Crippen LogP contribution in [0.5, 0.6) is 0 Å². The second kappa shape index (κ2) is 4.63. The molecule has 0 saturated heterocycles. The van der Waals surface area contributed by atoms with E-state index in [0.717, 1.165) is 5.30 Å². The summed E-state index contributed by atoms with van der Waals surface area (Å²) in [5, 5.41) is 0.746. The van der Waals surface area contributed by atoms with Gasteiger partial charge in [-0.3, -0.25) is 4.57 Å². The average Bonchev–Trinajstić information content (AvgIpc) is 2.19. The van der Waals surface area contributed by atoms with Crippen molar-refractivity contribution >= 4 is 18.4 Å². The number of hydrogen-bond donors (Lipinski definition) is 1. The molecule has 0 amide bonds. The van der Waals surface area contributed by atoms with Crippen molar-refractivity contribution in [2.45, 2.75) is 13.8 Å². The molecule has 3 nitrogen and oxygen atoms in total. The quantitative estimate of drug-likeness (QED) is 0.616. The predicted molar refractivity (Wildman–Crippen MR) is 60.3 cm³/mol. The SMILES string of the molecule is CCO[P@](=O)(CC)c1ccc(N)cc1. The summed E-state index contributed by atoms with van der Waals surface area (Å²) in [7, 11) is -2.63. The number of benzene rings is 1. The Kier molecular flexibility index (Phi) is 3.73. The van der Waals surface area contributed by atoms with Gasteiger partial charge in [0.05, 0.1) is 6.61 Å². The Morgan fingerprint density at radius 3 is 2.29 bits per heavy atom. The Balaban J connectivity index is 3.00. The average molecular weight is 213 g/mol. The third kappa shape index (κ3) is 2.37. The first-order valence-corrected chi connectivity index (χ1v) is 6.53. The summed E-state index contributed by atoms with van der Waals surface area (Å²) in [5.74, 6) is 0. The van der Waals surface area contributed by atoms with Crippen LogP contribution in [0.1, 0.15) is 13.8 Å². The van der Waals surface area contributed by atoms with Gasteiger partial charge < -0.3 is 10.3 Å². The van der Waals surface area contributed by atoms with Gasteiger partial charge in [0.25, 0.3) is 0 Å². The standard InChI is InChI=1S/C10H16NO2P/c1-3-13-14(12,4-2)10-7-5-9(11)6-8-10/h5-8H,3-4,11H2,1-2H3/t14-/m1/s1. The zero-order valence-electron chi connectivity index (χ0n) is 8.56. The van der Waals surface area contributed by atoms with E-state index in [4.69, 9.17) is 10.3 Å². The normalized spacial score (nSPS) is 15.0. The molecule has 0 saturated carbocycles. The monoisotopic (exact) mass is 213 g/mol. The van der Waals surface area contributed by atoms with E-state index in [1.807, 2.05) is 13.8 Å². The molecule has 0 radical (unpaired) electrons. The molecule has 0 unspecified atom stereocenters. The second-order valence-electron chi connectivity index (χ2n) is 3.00. The molecule has 0 spiro atoms. The van der Waals surface area contributed by atoms with Crippen LogP contribution in [-0.2, 0) is 9.09 Å². The van der Waals surface area contributed by atoms with E-state index < -0.39 is 7.37 Å². The first kappa shape index (κ1) is 11.3. The van der Waals surface area contributed by atoms with E-state index in [1.165, 1.54) is 0 Å². The second-order valence-corrected chi connectivity index (χ2v) is 5.75. The lowest BCUT2D eigenvalue weighted by Gasteiger charge is -2.15. The molecule has 0 aliphatic carbocycles. The van der Waals surface area contributed by atoms with Gasteiger partial charge in [-0.2, -0.15) is 0 Å². The zero-order valence-corrected chi connectivity index (χ0v) is 9.46. The molecule has 1 aromatic carbocycles. The van der Waals surface area contributed by atoms with Crippen LogP contribution in [0, 0.1) is 0 Å². The number of hydrogen-bond acceptors (Lipinski definition) is 3. The molecule has 0 aliphatic heterocycles. The lowest BCUT2D eigenvalue weighted by molar-refractivity contribution is 0.341. The minimum atomic E-state index is -2.63. The number of nitrogens with two attached hydrogens (primary N) is 1. The van der Waals surface area contributed by atoms with E-state index in [2.05, 4.69) is 0 Å². The van der Waals surface area contributed by atoms with Gasteiger partial charge in [0.1, 0.15) is 0 Å². The fourth-order valence-electron chi connectivity index (χ4n) is 1.26. The minimum Gasteiger partial charge on any atom is -0.399 e. The van der Waals surface area contributed by atoms with Crippen LogP contribution in [0.4, 0.5) is 5.69 Å². The zero-order chi connectivity index (χ0) is 10.6. The van der Waals surface area contributed by atoms with Gasteiger partial charge >= 0.3 is 0 Å². The van der Waals surface area contributed by atoms with Gasteiger partial charge in [-0.15, -0.1) is 0 Å². The predicted octanol–water partition coefficient (Wildman–Crippen LogP) is 2.23. The fourth-order valence-corrected chi connectivity index (χ4v) is 2.98. The van der Waals surface area contributed by atoms with Crippen LogP contribution in [0.3, 0.4) is 0 Å². The molecule has 1 aromatic rings. The molecule has 1 atom stereocenters. The van der Waals surface area contributed by atoms with E-state index >= 15 is 0 Å². The van der Waals surface area contributed by atoms with Gasteiger partial charge in [-0.05, 0) is 31.2 Å². The lowest BCUT2D eigenvalue weighted by Crippen LogP contribution is -2.09. The maximum absolute atomic E-state index is 12.2. The molecule has 0 fully saturated rings. The van der Waals surface area contributed by atoms with Crippen molar-refractivity contribution in [2.24, 2.45) is 0 Å². The van der Waals surface area contributed by atoms with Gasteiger partial charge in [-0.1, -0.05) is 6.92 Å².